The van der Waals surface area contributed by atoms with Gasteiger partial charge in [-0.25, -0.2) is 0 Å². The molecule has 0 aromatic heterocycles. The number of phenolic OH excluding ortho intramolecular Hbond substituents is 1. The molecule has 0 unspecified atom stereocenters. The van der Waals surface area contributed by atoms with Gasteiger partial charge in [-0.15, -0.1) is 13.2 Å². The number of benzene rings is 1. The summed E-state index contributed by atoms with van der Waals surface area (Å²) in [6.07, 6.45) is 3.48. The zero-order chi connectivity index (χ0) is 16.7. The molecule has 5 heteroatoms. The van der Waals surface area contributed by atoms with E-state index < -0.39 is 0 Å². The second-order valence-electron chi connectivity index (χ2n) is 5.66. The number of phenols is 1. The third-order valence-electron chi connectivity index (χ3n) is 4.00. The van der Waals surface area contributed by atoms with Crippen LogP contribution in [0.3, 0.4) is 0 Å². The Bertz CT molecular complexity index is 524. The number of nitrogens with zero attached hydrogens (tertiary/aromatic N) is 3. The topological polar surface area (TPSA) is 47.0 Å². The van der Waals surface area contributed by atoms with Gasteiger partial charge in [0.25, 0.3) is 0 Å². The fourth-order valence-corrected chi connectivity index (χ4v) is 2.71. The van der Waals surface area contributed by atoms with E-state index in [1.54, 1.807) is 29.2 Å². The van der Waals surface area contributed by atoms with Gasteiger partial charge in [0.05, 0.1) is 6.54 Å². The van der Waals surface area contributed by atoms with Crippen molar-refractivity contribution in [2.24, 2.45) is 0 Å². The van der Waals surface area contributed by atoms with Gasteiger partial charge in [-0.2, -0.15) is 0 Å². The summed E-state index contributed by atoms with van der Waals surface area (Å²) in [6.45, 7) is 12.4. The van der Waals surface area contributed by atoms with Gasteiger partial charge in [0, 0.05) is 45.0 Å². The highest BCUT2D eigenvalue weighted by Crippen LogP contribution is 2.19. The number of amides is 1. The first-order valence-corrected chi connectivity index (χ1v) is 7.90. The van der Waals surface area contributed by atoms with Crippen LogP contribution in [0.2, 0.25) is 0 Å². The zero-order valence-corrected chi connectivity index (χ0v) is 13.5. The average Bonchev–Trinajstić information content (AvgIpc) is 2.56. The third-order valence-corrected chi connectivity index (χ3v) is 4.00. The summed E-state index contributed by atoms with van der Waals surface area (Å²) in [7, 11) is 0. The lowest BCUT2D eigenvalue weighted by Crippen LogP contribution is -2.50. The molecule has 1 aromatic carbocycles. The molecule has 1 heterocycles. The molecule has 0 spiro atoms. The Morgan fingerprint density at radius 1 is 1.09 bits per heavy atom. The minimum absolute atomic E-state index is 0.114. The van der Waals surface area contributed by atoms with E-state index >= 15 is 0 Å². The Balaban J connectivity index is 1.84. The normalized spacial score (nSPS) is 15.2. The molecule has 0 aliphatic carbocycles. The van der Waals surface area contributed by atoms with Crippen molar-refractivity contribution in [1.82, 2.24) is 9.80 Å². The number of anilines is 1. The Morgan fingerprint density at radius 3 is 2.17 bits per heavy atom. The van der Waals surface area contributed by atoms with E-state index in [2.05, 4.69) is 23.0 Å². The average molecular weight is 315 g/mol. The molecule has 1 fully saturated rings. The van der Waals surface area contributed by atoms with Crippen LogP contribution in [0, 0.1) is 0 Å². The molecule has 0 saturated carbocycles. The summed E-state index contributed by atoms with van der Waals surface area (Å²) in [5.41, 5.74) is 1.11. The molecule has 1 amide bonds. The van der Waals surface area contributed by atoms with Gasteiger partial charge in [-0.1, -0.05) is 12.2 Å². The summed E-state index contributed by atoms with van der Waals surface area (Å²) >= 11 is 0. The van der Waals surface area contributed by atoms with E-state index in [-0.39, 0.29) is 11.7 Å². The molecule has 1 aliphatic rings. The molecule has 0 atom stereocenters. The van der Waals surface area contributed by atoms with Crippen LogP contribution in [-0.4, -0.2) is 66.6 Å². The largest absolute Gasteiger partial charge is 0.508 e. The van der Waals surface area contributed by atoms with Gasteiger partial charge in [0.15, 0.2) is 0 Å². The van der Waals surface area contributed by atoms with Crippen molar-refractivity contribution >= 4 is 11.6 Å². The van der Waals surface area contributed by atoms with Crippen LogP contribution in [0.4, 0.5) is 5.69 Å². The van der Waals surface area contributed by atoms with Crippen molar-refractivity contribution in [1.29, 1.82) is 0 Å². The highest BCUT2D eigenvalue weighted by atomic mass is 16.3. The molecule has 0 bridgehead atoms. The molecule has 1 aliphatic heterocycles. The number of hydrogen-bond donors (Lipinski definition) is 1. The summed E-state index contributed by atoms with van der Waals surface area (Å²) < 4.78 is 0. The maximum atomic E-state index is 12.3. The first-order valence-electron chi connectivity index (χ1n) is 7.90. The van der Waals surface area contributed by atoms with E-state index in [9.17, 15) is 9.90 Å². The molecule has 1 N–H and O–H groups in total. The van der Waals surface area contributed by atoms with Gasteiger partial charge < -0.3 is 14.9 Å². The van der Waals surface area contributed by atoms with E-state index in [1.165, 1.54) is 0 Å². The lowest BCUT2D eigenvalue weighted by atomic mass is 10.2. The fourth-order valence-electron chi connectivity index (χ4n) is 2.71. The monoisotopic (exact) mass is 315 g/mol. The third kappa shape index (κ3) is 4.86. The molecule has 124 valence electrons. The van der Waals surface area contributed by atoms with Crippen molar-refractivity contribution in [2.75, 3.05) is 50.7 Å². The number of hydrogen-bond acceptors (Lipinski definition) is 4. The van der Waals surface area contributed by atoms with Gasteiger partial charge in [0.1, 0.15) is 5.75 Å². The second kappa shape index (κ2) is 8.39. The molecular weight excluding hydrogens is 290 g/mol. The minimum atomic E-state index is 0.114. The van der Waals surface area contributed by atoms with Crippen LogP contribution in [0.15, 0.2) is 49.6 Å². The predicted molar refractivity (Wildman–Crippen MR) is 93.7 cm³/mol. The van der Waals surface area contributed by atoms with Crippen molar-refractivity contribution < 1.29 is 9.90 Å². The van der Waals surface area contributed by atoms with E-state index in [0.717, 1.165) is 31.9 Å². The molecular formula is C18H25N3O2. The van der Waals surface area contributed by atoms with Gasteiger partial charge in [-0.05, 0) is 24.3 Å². The van der Waals surface area contributed by atoms with Crippen LogP contribution in [0.25, 0.3) is 0 Å². The summed E-state index contributed by atoms with van der Waals surface area (Å²) in [5.74, 6) is 0.394. The molecule has 2 rings (SSSR count). The van der Waals surface area contributed by atoms with E-state index in [4.69, 9.17) is 0 Å². The quantitative estimate of drug-likeness (QED) is 0.778. The lowest BCUT2D eigenvalue weighted by molar-refractivity contribution is -0.131. The Morgan fingerprint density at radius 2 is 1.65 bits per heavy atom. The van der Waals surface area contributed by atoms with E-state index in [1.807, 2.05) is 12.1 Å². The molecule has 1 aromatic rings. The lowest BCUT2D eigenvalue weighted by Gasteiger charge is -2.36. The number of piperazine rings is 1. The van der Waals surface area contributed by atoms with Crippen LogP contribution in [0.5, 0.6) is 5.75 Å². The fraction of sp³-hybridized carbons (Fsp3) is 0.389. The highest BCUT2D eigenvalue weighted by molar-refractivity contribution is 5.78. The van der Waals surface area contributed by atoms with Crippen molar-refractivity contribution in [2.45, 2.75) is 0 Å². The van der Waals surface area contributed by atoms with Crippen molar-refractivity contribution in [3.05, 3.63) is 49.6 Å². The number of carbonyl (C=O) groups is 1. The SMILES string of the molecule is C=CCN(CC=C)C(=O)CN1CCN(c2ccc(O)cc2)CC1. The van der Waals surface area contributed by atoms with E-state index in [0.29, 0.717) is 19.6 Å². The molecule has 23 heavy (non-hydrogen) atoms. The van der Waals surface area contributed by atoms with Gasteiger partial charge in [0.2, 0.25) is 5.91 Å². The second-order valence-corrected chi connectivity index (χ2v) is 5.66. The smallest absolute Gasteiger partial charge is 0.237 e. The van der Waals surface area contributed by atoms with Crippen LogP contribution >= 0.6 is 0 Å². The Kier molecular flexibility index (Phi) is 6.23. The Hall–Kier alpha value is -2.27. The molecule has 0 radical (unpaired) electrons. The maximum absolute atomic E-state index is 12.3. The minimum Gasteiger partial charge on any atom is -0.508 e. The highest BCUT2D eigenvalue weighted by Gasteiger charge is 2.21. The zero-order valence-electron chi connectivity index (χ0n) is 13.5. The number of aromatic hydroxyl groups is 1. The first-order chi connectivity index (χ1) is 11.1. The van der Waals surface area contributed by atoms with Crippen molar-refractivity contribution in [3.63, 3.8) is 0 Å². The molecule has 5 nitrogen and oxygen atoms in total. The summed E-state index contributed by atoms with van der Waals surface area (Å²) in [4.78, 5) is 18.5. The van der Waals surface area contributed by atoms with Crippen molar-refractivity contribution in [3.8, 4) is 5.75 Å². The van der Waals surface area contributed by atoms with Gasteiger partial charge in [-0.3, -0.25) is 9.69 Å². The standard InChI is InChI=1S/C18H25N3O2/c1-3-9-21(10-4-2)18(23)15-19-11-13-20(14-12-19)16-5-7-17(22)8-6-16/h3-8,22H,1-2,9-15H2. The maximum Gasteiger partial charge on any atom is 0.237 e. The predicted octanol–water partition coefficient (Wildman–Crippen LogP) is 1.71. The molecule has 1 saturated heterocycles. The van der Waals surface area contributed by atoms with Crippen LogP contribution in [0.1, 0.15) is 0 Å². The number of rotatable bonds is 7. The first kappa shape index (κ1) is 17.1. The van der Waals surface area contributed by atoms with Crippen LogP contribution in [-0.2, 0) is 4.79 Å². The summed E-state index contributed by atoms with van der Waals surface area (Å²) in [6, 6.07) is 7.25. The van der Waals surface area contributed by atoms with Gasteiger partial charge >= 0.3 is 0 Å². The summed E-state index contributed by atoms with van der Waals surface area (Å²) in [5, 5.41) is 9.35. The van der Waals surface area contributed by atoms with Crippen LogP contribution < -0.4 is 4.90 Å². The Labute approximate surface area is 138 Å². The number of carbonyl (C=O) groups excluding carboxylic acids is 1.